The first-order valence-electron chi connectivity index (χ1n) is 10.9. The van der Waals surface area contributed by atoms with Crippen LogP contribution in [0.5, 0.6) is 0 Å². The number of morpholine rings is 1. The molecule has 3 rings (SSSR count). The van der Waals surface area contributed by atoms with Gasteiger partial charge < -0.3 is 20.3 Å². The first-order chi connectivity index (χ1) is 14.1. The fourth-order valence-electron chi connectivity index (χ4n) is 4.21. The van der Waals surface area contributed by atoms with Crippen molar-refractivity contribution in [2.24, 2.45) is 4.99 Å². The molecule has 7 heteroatoms. The van der Waals surface area contributed by atoms with Gasteiger partial charge in [0.1, 0.15) is 0 Å². The number of halogens is 1. The maximum absolute atomic E-state index is 6.55. The number of likely N-dealkylation sites (tertiary alicyclic amines) is 1. The number of nitrogens with zero attached hydrogens (tertiary/aromatic N) is 3. The lowest BCUT2D eigenvalue weighted by Crippen LogP contribution is -2.51. The van der Waals surface area contributed by atoms with Crippen LogP contribution in [0.15, 0.2) is 29.3 Å². The van der Waals surface area contributed by atoms with Crippen LogP contribution in [0.1, 0.15) is 38.3 Å². The van der Waals surface area contributed by atoms with Crippen molar-refractivity contribution in [1.29, 1.82) is 0 Å². The first kappa shape index (κ1) is 22.3. The van der Waals surface area contributed by atoms with Gasteiger partial charge in [-0.1, -0.05) is 29.8 Å². The van der Waals surface area contributed by atoms with Crippen molar-refractivity contribution < 1.29 is 4.74 Å². The number of piperidine rings is 1. The van der Waals surface area contributed by atoms with Gasteiger partial charge in [-0.15, -0.1) is 0 Å². The van der Waals surface area contributed by atoms with Crippen LogP contribution in [0.25, 0.3) is 0 Å². The van der Waals surface area contributed by atoms with Crippen LogP contribution in [-0.2, 0) is 4.74 Å². The number of nitrogens with one attached hydrogen (secondary N) is 2. The van der Waals surface area contributed by atoms with E-state index in [-0.39, 0.29) is 6.04 Å². The molecule has 0 amide bonds. The monoisotopic (exact) mass is 421 g/mol. The zero-order valence-corrected chi connectivity index (χ0v) is 18.8. The third-order valence-corrected chi connectivity index (χ3v) is 6.38. The Labute approximate surface area is 180 Å². The molecule has 2 aliphatic heterocycles. The number of hydrogen-bond donors (Lipinski definition) is 2. The molecule has 0 spiro atoms. The van der Waals surface area contributed by atoms with Gasteiger partial charge in [0.25, 0.3) is 0 Å². The summed E-state index contributed by atoms with van der Waals surface area (Å²) in [5.74, 6) is 0.873. The van der Waals surface area contributed by atoms with E-state index in [1.54, 1.807) is 0 Å². The van der Waals surface area contributed by atoms with E-state index in [1.165, 1.54) is 0 Å². The second-order valence-corrected chi connectivity index (χ2v) is 8.59. The van der Waals surface area contributed by atoms with Gasteiger partial charge in [0, 0.05) is 56.9 Å². The topological polar surface area (TPSA) is 52.1 Å². The second kappa shape index (κ2) is 11.2. The van der Waals surface area contributed by atoms with E-state index in [2.05, 4.69) is 51.4 Å². The summed E-state index contributed by atoms with van der Waals surface area (Å²) < 4.78 is 5.55. The average molecular weight is 422 g/mol. The smallest absolute Gasteiger partial charge is 0.191 e. The van der Waals surface area contributed by atoms with Crippen molar-refractivity contribution in [3.05, 3.63) is 34.9 Å². The first-order valence-corrected chi connectivity index (χ1v) is 11.2. The summed E-state index contributed by atoms with van der Waals surface area (Å²) in [4.78, 5) is 9.47. The highest BCUT2D eigenvalue weighted by Gasteiger charge is 2.25. The van der Waals surface area contributed by atoms with Crippen LogP contribution in [-0.4, -0.2) is 80.8 Å². The fourth-order valence-corrected chi connectivity index (χ4v) is 4.47. The normalized spacial score (nSPS) is 21.3. The minimum absolute atomic E-state index is 0.189. The Bertz CT molecular complexity index is 654. The molecule has 2 N–H and O–H groups in total. The van der Waals surface area contributed by atoms with Crippen LogP contribution in [0, 0.1) is 0 Å². The summed E-state index contributed by atoms with van der Waals surface area (Å²) in [7, 11) is 1.85. The molecular weight excluding hydrogens is 386 g/mol. The molecule has 1 unspecified atom stereocenters. The molecule has 1 aromatic rings. The summed E-state index contributed by atoms with van der Waals surface area (Å²) in [6.07, 6.45) is 2.30. The predicted molar refractivity (Wildman–Crippen MR) is 121 cm³/mol. The van der Waals surface area contributed by atoms with Gasteiger partial charge in [-0.3, -0.25) is 9.89 Å². The lowest BCUT2D eigenvalue weighted by Gasteiger charge is -2.37. The molecular formula is C22H36ClN5O. The van der Waals surface area contributed by atoms with Gasteiger partial charge >= 0.3 is 0 Å². The van der Waals surface area contributed by atoms with Crippen LogP contribution >= 0.6 is 11.6 Å². The Morgan fingerprint density at radius 1 is 1.14 bits per heavy atom. The number of benzene rings is 1. The summed E-state index contributed by atoms with van der Waals surface area (Å²) >= 11 is 6.55. The van der Waals surface area contributed by atoms with Gasteiger partial charge in [-0.25, -0.2) is 0 Å². The molecule has 0 aliphatic carbocycles. The molecule has 1 atom stereocenters. The van der Waals surface area contributed by atoms with Crippen molar-refractivity contribution in [3.63, 3.8) is 0 Å². The van der Waals surface area contributed by atoms with Gasteiger partial charge in [0.15, 0.2) is 5.96 Å². The SMILES string of the molecule is CN=C(NCC(c1ccccc1Cl)N1CCOCC1)NC1CCN(C(C)C)CC1. The summed E-state index contributed by atoms with van der Waals surface area (Å²) in [6.45, 7) is 10.9. The summed E-state index contributed by atoms with van der Waals surface area (Å²) in [5.41, 5.74) is 1.16. The molecule has 0 saturated carbocycles. The highest BCUT2D eigenvalue weighted by molar-refractivity contribution is 6.31. The molecule has 2 fully saturated rings. The van der Waals surface area contributed by atoms with Crippen molar-refractivity contribution in [2.45, 2.75) is 44.8 Å². The van der Waals surface area contributed by atoms with Crippen LogP contribution in [0.4, 0.5) is 0 Å². The zero-order chi connectivity index (χ0) is 20.6. The van der Waals surface area contributed by atoms with E-state index < -0.39 is 0 Å². The van der Waals surface area contributed by atoms with Crippen molar-refractivity contribution in [1.82, 2.24) is 20.4 Å². The highest BCUT2D eigenvalue weighted by atomic mass is 35.5. The van der Waals surface area contributed by atoms with E-state index in [1.807, 2.05) is 19.2 Å². The molecule has 6 nitrogen and oxygen atoms in total. The van der Waals surface area contributed by atoms with E-state index in [0.717, 1.165) is 75.3 Å². The zero-order valence-electron chi connectivity index (χ0n) is 18.0. The van der Waals surface area contributed by atoms with Crippen LogP contribution in [0.2, 0.25) is 5.02 Å². The summed E-state index contributed by atoms with van der Waals surface area (Å²) in [6, 6.07) is 9.43. The molecule has 1 aromatic carbocycles. The Hall–Kier alpha value is -1.34. The third kappa shape index (κ3) is 6.32. The number of aliphatic imine (C=N–C) groups is 1. The van der Waals surface area contributed by atoms with Crippen LogP contribution < -0.4 is 10.6 Å². The quantitative estimate of drug-likeness (QED) is 0.546. The molecule has 0 aromatic heterocycles. The Kier molecular flexibility index (Phi) is 8.60. The van der Waals surface area contributed by atoms with Crippen molar-refractivity contribution in [3.8, 4) is 0 Å². The van der Waals surface area contributed by atoms with E-state index in [4.69, 9.17) is 16.3 Å². The third-order valence-electron chi connectivity index (χ3n) is 6.04. The molecule has 0 bridgehead atoms. The molecule has 29 heavy (non-hydrogen) atoms. The molecule has 2 aliphatic rings. The average Bonchev–Trinajstić information content (AvgIpc) is 2.75. The molecule has 2 saturated heterocycles. The van der Waals surface area contributed by atoms with Crippen LogP contribution in [0.3, 0.4) is 0 Å². The second-order valence-electron chi connectivity index (χ2n) is 8.19. The number of hydrogen-bond acceptors (Lipinski definition) is 4. The standard InChI is InChI=1S/C22H36ClN5O/c1-17(2)27-10-8-18(9-11-27)26-22(24-3)25-16-21(28-12-14-29-15-13-28)19-6-4-5-7-20(19)23/h4-7,17-18,21H,8-16H2,1-3H3,(H2,24,25,26). The number of rotatable bonds is 6. The Morgan fingerprint density at radius 3 is 2.45 bits per heavy atom. The largest absolute Gasteiger partial charge is 0.379 e. The van der Waals surface area contributed by atoms with E-state index >= 15 is 0 Å². The maximum Gasteiger partial charge on any atom is 0.191 e. The lowest BCUT2D eigenvalue weighted by molar-refractivity contribution is 0.0170. The number of ether oxygens (including phenoxy) is 1. The van der Waals surface area contributed by atoms with Gasteiger partial charge in [-0.05, 0) is 38.3 Å². The Morgan fingerprint density at radius 2 is 1.83 bits per heavy atom. The number of guanidine groups is 1. The van der Waals surface area contributed by atoms with Gasteiger partial charge in [0.05, 0.1) is 19.3 Å². The minimum Gasteiger partial charge on any atom is -0.379 e. The highest BCUT2D eigenvalue weighted by Crippen LogP contribution is 2.27. The molecule has 2 heterocycles. The predicted octanol–water partition coefficient (Wildman–Crippen LogP) is 2.75. The van der Waals surface area contributed by atoms with Gasteiger partial charge in [0.2, 0.25) is 0 Å². The Balaban J connectivity index is 1.59. The fraction of sp³-hybridized carbons (Fsp3) is 0.682. The van der Waals surface area contributed by atoms with Crippen molar-refractivity contribution in [2.75, 3.05) is 53.0 Å². The van der Waals surface area contributed by atoms with E-state index in [0.29, 0.717) is 12.1 Å². The van der Waals surface area contributed by atoms with Gasteiger partial charge in [-0.2, -0.15) is 0 Å². The minimum atomic E-state index is 0.189. The summed E-state index contributed by atoms with van der Waals surface area (Å²) in [5, 5.41) is 8.00. The molecule has 162 valence electrons. The van der Waals surface area contributed by atoms with E-state index in [9.17, 15) is 0 Å². The maximum atomic E-state index is 6.55. The van der Waals surface area contributed by atoms with Crippen molar-refractivity contribution >= 4 is 17.6 Å². The molecule has 0 radical (unpaired) electrons. The lowest BCUT2D eigenvalue weighted by atomic mass is 10.0.